The lowest BCUT2D eigenvalue weighted by Crippen LogP contribution is -2.45. The molecule has 2 rings (SSSR count). The number of pyridine rings is 1. The van der Waals surface area contributed by atoms with E-state index in [1.165, 1.54) is 6.42 Å². The second kappa shape index (κ2) is 7.24. The monoisotopic (exact) mass is 286 g/mol. The van der Waals surface area contributed by atoms with Crippen LogP contribution in [0.15, 0.2) is 18.3 Å². The molecule has 0 aromatic carbocycles. The second-order valence-corrected chi connectivity index (χ2v) is 5.70. The Labute approximate surface area is 126 Å². The number of aromatic nitrogens is 1. The Morgan fingerprint density at radius 1 is 1.43 bits per heavy atom. The van der Waals surface area contributed by atoms with Gasteiger partial charge in [0.15, 0.2) is 0 Å². The van der Waals surface area contributed by atoms with Gasteiger partial charge in [-0.2, -0.15) is 0 Å². The van der Waals surface area contributed by atoms with Gasteiger partial charge in [-0.25, -0.2) is 4.98 Å². The molecule has 1 saturated heterocycles. The second-order valence-electron chi connectivity index (χ2n) is 5.70. The molecular formula is C17H22N2O2. The first-order chi connectivity index (χ1) is 10.1. The molecule has 0 aliphatic carbocycles. The van der Waals surface area contributed by atoms with E-state index in [-0.39, 0.29) is 18.6 Å². The first kappa shape index (κ1) is 15.5. The number of amides is 1. The van der Waals surface area contributed by atoms with Crippen molar-refractivity contribution in [3.8, 4) is 11.8 Å². The molecule has 1 amide bonds. The molecule has 1 aromatic rings. The zero-order valence-corrected chi connectivity index (χ0v) is 12.7. The normalized spacial score (nSPS) is 21.6. The highest BCUT2D eigenvalue weighted by Gasteiger charge is 2.28. The molecule has 1 aliphatic heterocycles. The average Bonchev–Trinajstić information content (AvgIpc) is 2.50. The number of carbonyl (C=O) groups is 1. The molecule has 2 heterocycles. The molecule has 4 nitrogen and oxygen atoms in total. The predicted octanol–water partition coefficient (Wildman–Crippen LogP) is 2.08. The topological polar surface area (TPSA) is 53.4 Å². The van der Waals surface area contributed by atoms with E-state index < -0.39 is 0 Å². The van der Waals surface area contributed by atoms with Crippen molar-refractivity contribution in [1.82, 2.24) is 9.88 Å². The molecule has 21 heavy (non-hydrogen) atoms. The number of aliphatic hydroxyl groups excluding tert-OH is 1. The molecule has 112 valence electrons. The summed E-state index contributed by atoms with van der Waals surface area (Å²) in [6, 6.07) is 3.82. The van der Waals surface area contributed by atoms with Gasteiger partial charge < -0.3 is 10.0 Å². The number of hydrogen-bond donors (Lipinski definition) is 1. The van der Waals surface area contributed by atoms with Crippen molar-refractivity contribution in [2.45, 2.75) is 39.2 Å². The van der Waals surface area contributed by atoms with Crippen molar-refractivity contribution in [3.05, 3.63) is 29.6 Å². The molecule has 2 unspecified atom stereocenters. The van der Waals surface area contributed by atoms with E-state index in [9.17, 15) is 4.79 Å². The van der Waals surface area contributed by atoms with Crippen LogP contribution in [-0.4, -0.2) is 40.1 Å². The molecule has 1 N–H and O–H groups in total. The Balaban J connectivity index is 2.07. The van der Waals surface area contributed by atoms with Crippen LogP contribution in [0.25, 0.3) is 0 Å². The van der Waals surface area contributed by atoms with Crippen LogP contribution < -0.4 is 0 Å². The number of piperidine rings is 1. The Morgan fingerprint density at radius 2 is 2.24 bits per heavy atom. The number of nitrogens with zero attached hydrogens (tertiary/aromatic N) is 2. The molecule has 4 heteroatoms. The maximum atomic E-state index is 12.5. The summed E-state index contributed by atoms with van der Waals surface area (Å²) < 4.78 is 0. The Hall–Kier alpha value is -1.86. The molecule has 0 spiro atoms. The minimum absolute atomic E-state index is 0.00363. The molecule has 1 fully saturated rings. The van der Waals surface area contributed by atoms with Crippen LogP contribution in [0.3, 0.4) is 0 Å². The molecule has 0 bridgehead atoms. The number of carbonyl (C=O) groups excluding carboxylic acids is 1. The summed E-state index contributed by atoms with van der Waals surface area (Å²) in [5.74, 6) is 6.30. The third kappa shape index (κ3) is 4.05. The van der Waals surface area contributed by atoms with E-state index in [0.29, 0.717) is 18.0 Å². The van der Waals surface area contributed by atoms with Gasteiger partial charge in [-0.05, 0) is 37.8 Å². The van der Waals surface area contributed by atoms with Crippen molar-refractivity contribution in [1.29, 1.82) is 0 Å². The zero-order valence-electron chi connectivity index (χ0n) is 12.7. The third-order valence-corrected chi connectivity index (χ3v) is 3.83. The van der Waals surface area contributed by atoms with Gasteiger partial charge in [-0.3, -0.25) is 4.79 Å². The van der Waals surface area contributed by atoms with Crippen molar-refractivity contribution >= 4 is 5.91 Å². The predicted molar refractivity (Wildman–Crippen MR) is 81.7 cm³/mol. The maximum absolute atomic E-state index is 12.5. The SMILES string of the molecule is CC1CCC(C)N(C(=O)c2ccc(C#CCCO)cn2)C1. The molecule has 0 saturated carbocycles. The number of likely N-dealkylation sites (tertiary alicyclic amines) is 1. The van der Waals surface area contributed by atoms with Crippen molar-refractivity contribution < 1.29 is 9.90 Å². The Bertz CT molecular complexity index is 542. The van der Waals surface area contributed by atoms with Gasteiger partial charge in [0.25, 0.3) is 5.91 Å². The van der Waals surface area contributed by atoms with Gasteiger partial charge >= 0.3 is 0 Å². The first-order valence-electron chi connectivity index (χ1n) is 7.48. The van der Waals surface area contributed by atoms with Crippen LogP contribution in [0.5, 0.6) is 0 Å². The van der Waals surface area contributed by atoms with Gasteiger partial charge in [0.2, 0.25) is 0 Å². The fourth-order valence-corrected chi connectivity index (χ4v) is 2.53. The van der Waals surface area contributed by atoms with E-state index in [2.05, 4.69) is 30.7 Å². The van der Waals surface area contributed by atoms with E-state index in [4.69, 9.17) is 5.11 Å². The quantitative estimate of drug-likeness (QED) is 0.847. The lowest BCUT2D eigenvalue weighted by molar-refractivity contribution is 0.0568. The number of aliphatic hydroxyl groups is 1. The third-order valence-electron chi connectivity index (χ3n) is 3.83. The summed E-state index contributed by atoms with van der Waals surface area (Å²) in [7, 11) is 0. The van der Waals surface area contributed by atoms with Gasteiger partial charge in [0.05, 0.1) is 6.61 Å². The molecule has 1 aromatic heterocycles. The lowest BCUT2D eigenvalue weighted by Gasteiger charge is -2.36. The van der Waals surface area contributed by atoms with E-state index in [0.717, 1.165) is 18.5 Å². The smallest absolute Gasteiger partial charge is 0.272 e. The first-order valence-corrected chi connectivity index (χ1v) is 7.48. The van der Waals surface area contributed by atoms with Crippen LogP contribution in [0.4, 0.5) is 0 Å². The largest absolute Gasteiger partial charge is 0.395 e. The Morgan fingerprint density at radius 3 is 2.90 bits per heavy atom. The Kier molecular flexibility index (Phi) is 5.35. The minimum atomic E-state index is 0.00363. The highest BCUT2D eigenvalue weighted by Crippen LogP contribution is 2.22. The van der Waals surface area contributed by atoms with Gasteiger partial charge in [-0.15, -0.1) is 0 Å². The van der Waals surface area contributed by atoms with Gasteiger partial charge in [0.1, 0.15) is 5.69 Å². The molecule has 2 atom stereocenters. The van der Waals surface area contributed by atoms with E-state index >= 15 is 0 Å². The highest BCUT2D eigenvalue weighted by molar-refractivity contribution is 5.92. The molecule has 1 aliphatic rings. The summed E-state index contributed by atoms with van der Waals surface area (Å²) in [5, 5.41) is 8.68. The van der Waals surface area contributed by atoms with Crippen LogP contribution in [0, 0.1) is 17.8 Å². The fraction of sp³-hybridized carbons (Fsp3) is 0.529. The van der Waals surface area contributed by atoms with Crippen molar-refractivity contribution in [2.75, 3.05) is 13.2 Å². The zero-order chi connectivity index (χ0) is 15.2. The van der Waals surface area contributed by atoms with Crippen LogP contribution in [-0.2, 0) is 0 Å². The summed E-state index contributed by atoms with van der Waals surface area (Å²) >= 11 is 0. The van der Waals surface area contributed by atoms with Crippen LogP contribution in [0.1, 0.15) is 49.2 Å². The summed E-state index contributed by atoms with van der Waals surface area (Å²) in [6.07, 6.45) is 4.30. The van der Waals surface area contributed by atoms with E-state index in [1.807, 2.05) is 11.0 Å². The molecule has 0 radical (unpaired) electrons. The summed E-state index contributed by atoms with van der Waals surface area (Å²) in [4.78, 5) is 18.7. The van der Waals surface area contributed by atoms with E-state index in [1.54, 1.807) is 12.3 Å². The van der Waals surface area contributed by atoms with Gasteiger partial charge in [0, 0.05) is 30.8 Å². The summed E-state index contributed by atoms with van der Waals surface area (Å²) in [6.45, 7) is 5.14. The summed E-state index contributed by atoms with van der Waals surface area (Å²) in [5.41, 5.74) is 1.24. The van der Waals surface area contributed by atoms with Gasteiger partial charge in [-0.1, -0.05) is 18.8 Å². The number of rotatable bonds is 2. The average molecular weight is 286 g/mol. The standard InChI is InChI=1S/C17H22N2O2/c1-13-6-7-14(2)19(12-13)17(21)16-9-8-15(11-18-16)5-3-4-10-20/h8-9,11,13-14,20H,4,6-7,10,12H2,1-2H3. The van der Waals surface area contributed by atoms with Crippen molar-refractivity contribution in [3.63, 3.8) is 0 Å². The van der Waals surface area contributed by atoms with Crippen LogP contribution >= 0.6 is 0 Å². The molecular weight excluding hydrogens is 264 g/mol. The lowest BCUT2D eigenvalue weighted by atomic mass is 9.95. The van der Waals surface area contributed by atoms with Crippen molar-refractivity contribution in [2.24, 2.45) is 5.92 Å². The number of hydrogen-bond acceptors (Lipinski definition) is 3. The fourth-order valence-electron chi connectivity index (χ4n) is 2.53. The highest BCUT2D eigenvalue weighted by atomic mass is 16.2. The maximum Gasteiger partial charge on any atom is 0.272 e. The minimum Gasteiger partial charge on any atom is -0.395 e. The van der Waals surface area contributed by atoms with Crippen LogP contribution in [0.2, 0.25) is 0 Å².